The molecule has 8 nitrogen and oxygen atoms in total. The lowest BCUT2D eigenvalue weighted by Gasteiger charge is -2.12. The molecular formula is C34H40ClN5O3S2. The average Bonchev–Trinajstić information content (AvgIpc) is 3.68. The Hall–Kier alpha value is -3.34. The Morgan fingerprint density at radius 1 is 1.22 bits per heavy atom. The number of allylic oxidation sites excluding steroid dienone is 1. The second-order valence-corrected chi connectivity index (χ2v) is 13.1. The Bertz CT molecular complexity index is 1790. The van der Waals surface area contributed by atoms with Crippen LogP contribution in [-0.4, -0.2) is 56.3 Å². The number of rotatable bonds is 14. The molecule has 0 spiro atoms. The van der Waals surface area contributed by atoms with E-state index in [9.17, 15) is 9.90 Å². The quantitative estimate of drug-likeness (QED) is 0.0642. The second-order valence-electron chi connectivity index (χ2n) is 11.4. The summed E-state index contributed by atoms with van der Waals surface area (Å²) in [5.74, 6) is 1.51. The van der Waals surface area contributed by atoms with E-state index in [1.165, 1.54) is 17.5 Å². The minimum atomic E-state index is -0.974. The minimum Gasteiger partial charge on any atom is -0.494 e. The van der Waals surface area contributed by atoms with E-state index in [1.807, 2.05) is 55.4 Å². The fourth-order valence-electron chi connectivity index (χ4n) is 6.22. The van der Waals surface area contributed by atoms with Crippen LogP contribution in [0.3, 0.4) is 0 Å². The third-order valence-corrected chi connectivity index (χ3v) is 10.1. The number of hydrogen-bond acceptors (Lipinski definition) is 7. The molecule has 0 bridgehead atoms. The number of aryl methyl sites for hydroxylation is 5. The summed E-state index contributed by atoms with van der Waals surface area (Å²) < 4.78 is 9.81. The number of nitrogens with one attached hydrogen (secondary N) is 2. The van der Waals surface area contributed by atoms with Crippen LogP contribution in [0.15, 0.2) is 42.1 Å². The zero-order valence-corrected chi connectivity index (χ0v) is 28.6. The highest BCUT2D eigenvalue weighted by Gasteiger charge is 2.27. The van der Waals surface area contributed by atoms with Gasteiger partial charge >= 0.3 is 5.97 Å². The van der Waals surface area contributed by atoms with Crippen molar-refractivity contribution in [3.8, 4) is 16.9 Å². The van der Waals surface area contributed by atoms with Gasteiger partial charge < -0.3 is 25.1 Å². The molecule has 238 valence electrons. The van der Waals surface area contributed by atoms with Gasteiger partial charge in [-0.25, -0.2) is 4.79 Å². The van der Waals surface area contributed by atoms with Gasteiger partial charge in [-0.3, -0.25) is 4.68 Å². The zero-order chi connectivity index (χ0) is 32.2. The van der Waals surface area contributed by atoms with E-state index in [0.717, 1.165) is 57.7 Å². The summed E-state index contributed by atoms with van der Waals surface area (Å²) in [6, 6.07) is 10.1. The molecule has 0 saturated heterocycles. The first-order valence-electron chi connectivity index (χ1n) is 15.1. The Labute approximate surface area is 279 Å². The van der Waals surface area contributed by atoms with E-state index in [2.05, 4.69) is 30.1 Å². The van der Waals surface area contributed by atoms with Crippen molar-refractivity contribution in [1.29, 1.82) is 5.41 Å². The number of aromatic nitrogens is 3. The van der Waals surface area contributed by atoms with E-state index >= 15 is 0 Å². The predicted octanol–water partition coefficient (Wildman–Crippen LogP) is 7.25. The lowest BCUT2D eigenvalue weighted by molar-refractivity contribution is 0.0684. The third kappa shape index (κ3) is 6.93. The molecule has 5 rings (SSSR count). The molecule has 0 unspecified atom stereocenters. The van der Waals surface area contributed by atoms with Crippen LogP contribution in [0.4, 0.5) is 0 Å². The van der Waals surface area contributed by atoms with Gasteiger partial charge in [0.1, 0.15) is 11.4 Å². The minimum absolute atomic E-state index is 0.258. The fourth-order valence-corrected chi connectivity index (χ4v) is 7.53. The number of carboxylic acids is 1. The molecule has 1 aliphatic rings. The van der Waals surface area contributed by atoms with Crippen LogP contribution < -0.4 is 10.1 Å². The first-order chi connectivity index (χ1) is 21.6. The van der Waals surface area contributed by atoms with E-state index in [4.69, 9.17) is 26.8 Å². The number of aromatic carboxylic acids is 1. The van der Waals surface area contributed by atoms with Gasteiger partial charge in [-0.05, 0) is 86.6 Å². The first-order valence-corrected chi connectivity index (χ1v) is 17.3. The molecule has 11 heteroatoms. The van der Waals surface area contributed by atoms with E-state index < -0.39 is 5.97 Å². The topological polar surface area (TPSA) is 105 Å². The molecule has 2 aromatic heterocycles. The summed E-state index contributed by atoms with van der Waals surface area (Å²) in [6.45, 7) is 4.83. The maximum Gasteiger partial charge on any atom is 0.352 e. The monoisotopic (exact) mass is 665 g/mol. The van der Waals surface area contributed by atoms with Crippen molar-refractivity contribution in [2.45, 2.75) is 51.8 Å². The highest BCUT2D eigenvalue weighted by atomic mass is 35.5. The van der Waals surface area contributed by atoms with Crippen LogP contribution in [-0.2, 0) is 32.2 Å². The number of benzene rings is 2. The SMILES string of the molecule is CN/C(=C\C(=N)CSCc1nn(C)c(C)c1-c1c(Cl)ccc2c1c(C)c(C(=O)O)n2CCCOc1ccc2c(c1)CCC2)CS. The van der Waals surface area contributed by atoms with Gasteiger partial charge in [0.2, 0.25) is 0 Å². The standard InChI is InChI=1S/C34H40ClN5O3S2/c1-20-30-29(40(33(20)34(41)42)13-6-14-43-26-10-9-22-7-5-8-23(22)15-26)12-11-27(35)32(30)31-21(2)39(4)38-28(31)19-45-18-24(36)16-25(17-44)37-3/h9-12,15-16,36-37,44H,5-8,13-14,17-19H2,1-4H3,(H,41,42)/b25-16-,36-24?. The van der Waals surface area contributed by atoms with Crippen LogP contribution in [0.25, 0.3) is 22.0 Å². The summed E-state index contributed by atoms with van der Waals surface area (Å²) in [5, 5.41) is 27.9. The Kier molecular flexibility index (Phi) is 10.6. The highest BCUT2D eigenvalue weighted by Crippen LogP contribution is 2.43. The number of hydrogen-bond donors (Lipinski definition) is 4. The largest absolute Gasteiger partial charge is 0.494 e. The van der Waals surface area contributed by atoms with E-state index in [1.54, 1.807) is 17.8 Å². The molecule has 0 amide bonds. The van der Waals surface area contributed by atoms with Crippen LogP contribution in [0.5, 0.6) is 5.75 Å². The molecular weight excluding hydrogens is 626 g/mol. The van der Waals surface area contributed by atoms with Crippen molar-refractivity contribution in [2.24, 2.45) is 7.05 Å². The van der Waals surface area contributed by atoms with Gasteiger partial charge in [0, 0.05) is 82.1 Å². The number of nitrogens with zero attached hydrogens (tertiary/aromatic N) is 3. The van der Waals surface area contributed by atoms with Gasteiger partial charge in [-0.2, -0.15) is 17.7 Å². The van der Waals surface area contributed by atoms with E-state index in [0.29, 0.717) is 53.1 Å². The summed E-state index contributed by atoms with van der Waals surface area (Å²) >= 11 is 12.8. The van der Waals surface area contributed by atoms with Crippen molar-refractivity contribution >= 4 is 58.6 Å². The Morgan fingerprint density at radius 3 is 2.73 bits per heavy atom. The molecule has 2 heterocycles. The van der Waals surface area contributed by atoms with Crippen LogP contribution >= 0.6 is 36.0 Å². The number of thiol groups is 1. The number of halogens is 1. The average molecular weight is 666 g/mol. The normalized spacial score (nSPS) is 13.0. The molecule has 0 fully saturated rings. The van der Waals surface area contributed by atoms with Crippen molar-refractivity contribution in [3.63, 3.8) is 0 Å². The molecule has 3 N–H and O–H groups in total. The van der Waals surface area contributed by atoms with Gasteiger partial charge in [-0.1, -0.05) is 17.7 Å². The fraction of sp³-hybridized carbons (Fsp3) is 0.382. The summed E-state index contributed by atoms with van der Waals surface area (Å²) in [4.78, 5) is 12.6. The molecule has 0 saturated carbocycles. The second kappa shape index (κ2) is 14.4. The Morgan fingerprint density at radius 2 is 2.00 bits per heavy atom. The van der Waals surface area contributed by atoms with Gasteiger partial charge in [-0.15, -0.1) is 11.8 Å². The number of fused-ring (bicyclic) bond motifs is 2. The van der Waals surface area contributed by atoms with Crippen molar-refractivity contribution in [2.75, 3.05) is 25.2 Å². The maximum absolute atomic E-state index is 12.6. The number of thioether (sulfide) groups is 1. The Balaban J connectivity index is 1.43. The van der Waals surface area contributed by atoms with Crippen LogP contribution in [0, 0.1) is 19.3 Å². The molecule has 45 heavy (non-hydrogen) atoms. The van der Waals surface area contributed by atoms with E-state index in [-0.39, 0.29) is 5.69 Å². The van der Waals surface area contributed by atoms with Gasteiger partial charge in [0.15, 0.2) is 0 Å². The summed E-state index contributed by atoms with van der Waals surface area (Å²) in [7, 11) is 3.73. The van der Waals surface area contributed by atoms with Crippen molar-refractivity contribution < 1.29 is 14.6 Å². The maximum atomic E-state index is 12.6. The lowest BCUT2D eigenvalue weighted by atomic mass is 9.97. The molecule has 1 aliphatic carbocycles. The molecule has 4 aromatic rings. The van der Waals surface area contributed by atoms with Crippen molar-refractivity contribution in [3.05, 3.63) is 80.9 Å². The molecule has 0 radical (unpaired) electrons. The highest BCUT2D eigenvalue weighted by molar-refractivity contribution is 7.99. The molecule has 0 aliphatic heterocycles. The number of carboxylic acid groups (broad SMARTS) is 1. The molecule has 0 atom stereocenters. The van der Waals surface area contributed by atoms with Crippen molar-refractivity contribution in [1.82, 2.24) is 19.7 Å². The lowest BCUT2D eigenvalue weighted by Crippen LogP contribution is -2.12. The molecule has 2 aromatic carbocycles. The van der Waals surface area contributed by atoms with Crippen LogP contribution in [0.2, 0.25) is 5.02 Å². The number of carbonyl (C=O) groups is 1. The predicted molar refractivity (Wildman–Crippen MR) is 189 cm³/mol. The summed E-state index contributed by atoms with van der Waals surface area (Å²) in [6.07, 6.45) is 5.88. The summed E-state index contributed by atoms with van der Waals surface area (Å²) in [5.41, 5.74) is 9.41. The van der Waals surface area contributed by atoms with Gasteiger partial charge in [0.25, 0.3) is 0 Å². The third-order valence-electron chi connectivity index (χ3n) is 8.48. The number of ether oxygens (including phenoxy) is 1. The smallest absolute Gasteiger partial charge is 0.352 e. The zero-order valence-electron chi connectivity index (χ0n) is 26.2. The first kappa shape index (κ1) is 33.0. The van der Waals surface area contributed by atoms with Crippen LogP contribution in [0.1, 0.15) is 51.4 Å². The van der Waals surface area contributed by atoms with Gasteiger partial charge in [0.05, 0.1) is 12.3 Å².